The van der Waals surface area contributed by atoms with Crippen molar-refractivity contribution >= 4 is 34.3 Å². The Morgan fingerprint density at radius 1 is 1.17 bits per heavy atom. The lowest BCUT2D eigenvalue weighted by Gasteiger charge is -2.22. The van der Waals surface area contributed by atoms with Crippen molar-refractivity contribution in [3.8, 4) is 0 Å². The number of para-hydroxylation sites is 2. The largest absolute Gasteiger partial charge is 0.356 e. The van der Waals surface area contributed by atoms with Gasteiger partial charge >= 0.3 is 0 Å². The zero-order valence-corrected chi connectivity index (χ0v) is 13.4. The van der Waals surface area contributed by atoms with Crippen molar-refractivity contribution in [1.82, 2.24) is 5.16 Å². The fraction of sp³-hybridized carbons (Fsp3) is 0.222. The summed E-state index contributed by atoms with van der Waals surface area (Å²) in [5.41, 5.74) is 2.44. The predicted octanol–water partition coefficient (Wildman–Crippen LogP) is 3.90. The fourth-order valence-corrected chi connectivity index (χ4v) is 3.89. The molecule has 1 aliphatic rings. The van der Waals surface area contributed by atoms with Gasteiger partial charge in [-0.1, -0.05) is 29.4 Å². The van der Waals surface area contributed by atoms with Crippen molar-refractivity contribution in [2.45, 2.75) is 17.7 Å². The molecule has 0 radical (unpaired) electrons. The molecule has 1 aliphatic heterocycles. The molecule has 2 heterocycles. The number of rotatable bonds is 2. The van der Waals surface area contributed by atoms with Gasteiger partial charge in [0.1, 0.15) is 5.69 Å². The number of hydrogen-bond acceptors (Lipinski definition) is 4. The average Bonchev–Trinajstić information content (AvgIpc) is 2.86. The Morgan fingerprint density at radius 3 is 2.96 bits per heavy atom. The minimum atomic E-state index is 0.0685. The Labute approximate surface area is 138 Å². The standard InChI is InChI=1S/C18H16N2O2S/c21-18(12-14-13-6-1-3-8-16(13)22-19-14)20-10-5-11-23-17-9-4-2-7-15(17)20/h1-4,6-9H,5,10-12H2. The summed E-state index contributed by atoms with van der Waals surface area (Å²) >= 11 is 1.81. The second-order valence-electron chi connectivity index (χ2n) is 5.52. The number of aromatic nitrogens is 1. The molecule has 0 unspecified atom stereocenters. The van der Waals surface area contributed by atoms with E-state index in [2.05, 4.69) is 11.2 Å². The lowest BCUT2D eigenvalue weighted by atomic mass is 10.1. The summed E-state index contributed by atoms with van der Waals surface area (Å²) in [5, 5.41) is 5.00. The van der Waals surface area contributed by atoms with E-state index >= 15 is 0 Å². The van der Waals surface area contributed by atoms with Crippen LogP contribution in [0.2, 0.25) is 0 Å². The van der Waals surface area contributed by atoms with Gasteiger partial charge in [-0.05, 0) is 36.4 Å². The van der Waals surface area contributed by atoms with Crippen LogP contribution in [0.1, 0.15) is 12.1 Å². The van der Waals surface area contributed by atoms with Crippen molar-refractivity contribution in [3.05, 3.63) is 54.2 Å². The third-order valence-electron chi connectivity index (χ3n) is 4.01. The fourth-order valence-electron chi connectivity index (χ4n) is 2.89. The van der Waals surface area contributed by atoms with Crippen molar-refractivity contribution in [3.63, 3.8) is 0 Å². The first-order valence-corrected chi connectivity index (χ1v) is 8.67. The summed E-state index contributed by atoms with van der Waals surface area (Å²) in [6.07, 6.45) is 1.25. The van der Waals surface area contributed by atoms with Crippen LogP contribution in [0.25, 0.3) is 11.0 Å². The molecule has 0 spiro atoms. The summed E-state index contributed by atoms with van der Waals surface area (Å²) in [5.74, 6) is 1.10. The summed E-state index contributed by atoms with van der Waals surface area (Å²) in [6.45, 7) is 0.749. The van der Waals surface area contributed by atoms with E-state index in [1.165, 1.54) is 4.90 Å². The summed E-state index contributed by atoms with van der Waals surface area (Å²) in [6, 6.07) is 15.8. The molecule has 0 bridgehead atoms. The molecule has 1 aromatic heterocycles. The highest BCUT2D eigenvalue weighted by atomic mass is 32.2. The topological polar surface area (TPSA) is 46.3 Å². The molecule has 3 aromatic rings. The molecule has 0 saturated heterocycles. The lowest BCUT2D eigenvalue weighted by molar-refractivity contribution is -0.118. The maximum absolute atomic E-state index is 12.9. The smallest absolute Gasteiger partial charge is 0.233 e. The summed E-state index contributed by atoms with van der Waals surface area (Å²) < 4.78 is 5.31. The molecule has 2 aromatic carbocycles. The van der Waals surface area contributed by atoms with Gasteiger partial charge in [-0.2, -0.15) is 0 Å². The minimum absolute atomic E-state index is 0.0685. The van der Waals surface area contributed by atoms with Gasteiger partial charge in [0.2, 0.25) is 5.91 Å². The highest BCUT2D eigenvalue weighted by molar-refractivity contribution is 7.99. The van der Waals surface area contributed by atoms with Gasteiger partial charge in [0.05, 0.1) is 12.1 Å². The van der Waals surface area contributed by atoms with E-state index in [1.807, 2.05) is 59.1 Å². The Bertz CT molecular complexity index is 859. The van der Waals surface area contributed by atoms with Crippen molar-refractivity contribution in [1.29, 1.82) is 0 Å². The van der Waals surface area contributed by atoms with Crippen LogP contribution in [0.4, 0.5) is 5.69 Å². The third kappa shape index (κ3) is 2.72. The lowest BCUT2D eigenvalue weighted by Crippen LogP contribution is -2.33. The molecular formula is C18H16N2O2S. The second kappa shape index (κ2) is 6.08. The van der Waals surface area contributed by atoms with Crippen molar-refractivity contribution in [2.75, 3.05) is 17.2 Å². The van der Waals surface area contributed by atoms with E-state index in [0.29, 0.717) is 5.69 Å². The van der Waals surface area contributed by atoms with E-state index in [1.54, 1.807) is 0 Å². The van der Waals surface area contributed by atoms with Gasteiger partial charge < -0.3 is 9.42 Å². The Morgan fingerprint density at radius 2 is 2.00 bits per heavy atom. The highest BCUT2D eigenvalue weighted by Gasteiger charge is 2.23. The van der Waals surface area contributed by atoms with E-state index in [4.69, 9.17) is 4.52 Å². The van der Waals surface area contributed by atoms with Gasteiger partial charge in [0, 0.05) is 16.8 Å². The first kappa shape index (κ1) is 14.3. The van der Waals surface area contributed by atoms with Crippen molar-refractivity contribution in [2.24, 2.45) is 0 Å². The van der Waals surface area contributed by atoms with E-state index in [0.717, 1.165) is 35.4 Å². The van der Waals surface area contributed by atoms with Gasteiger partial charge in [0.15, 0.2) is 5.58 Å². The van der Waals surface area contributed by atoms with Crippen LogP contribution in [0.15, 0.2) is 57.9 Å². The monoisotopic (exact) mass is 324 g/mol. The van der Waals surface area contributed by atoms with Gasteiger partial charge in [-0.15, -0.1) is 11.8 Å². The molecule has 116 valence electrons. The van der Waals surface area contributed by atoms with Crippen LogP contribution < -0.4 is 4.90 Å². The number of fused-ring (bicyclic) bond motifs is 2. The molecule has 23 heavy (non-hydrogen) atoms. The Balaban J connectivity index is 1.64. The van der Waals surface area contributed by atoms with Gasteiger partial charge in [-0.3, -0.25) is 4.79 Å². The molecule has 0 fully saturated rings. The molecule has 0 saturated carbocycles. The zero-order valence-electron chi connectivity index (χ0n) is 12.6. The first-order chi connectivity index (χ1) is 11.3. The molecule has 0 aliphatic carbocycles. The molecule has 4 rings (SSSR count). The number of amides is 1. The minimum Gasteiger partial charge on any atom is -0.356 e. The molecule has 4 nitrogen and oxygen atoms in total. The number of anilines is 1. The number of nitrogens with zero attached hydrogens (tertiary/aromatic N) is 2. The van der Waals surface area contributed by atoms with Crippen LogP contribution in [0.5, 0.6) is 0 Å². The first-order valence-electron chi connectivity index (χ1n) is 7.68. The van der Waals surface area contributed by atoms with E-state index in [9.17, 15) is 4.79 Å². The number of hydrogen-bond donors (Lipinski definition) is 0. The normalized spacial score (nSPS) is 14.5. The van der Waals surface area contributed by atoms with Crippen LogP contribution in [0.3, 0.4) is 0 Å². The van der Waals surface area contributed by atoms with Crippen LogP contribution >= 0.6 is 11.8 Å². The van der Waals surface area contributed by atoms with Crippen LogP contribution in [-0.4, -0.2) is 23.4 Å². The second-order valence-corrected chi connectivity index (χ2v) is 6.65. The van der Waals surface area contributed by atoms with E-state index < -0.39 is 0 Å². The molecule has 5 heteroatoms. The molecule has 1 amide bonds. The number of thioether (sulfide) groups is 1. The molecule has 0 atom stereocenters. The van der Waals surface area contributed by atoms with Crippen molar-refractivity contribution < 1.29 is 9.32 Å². The highest BCUT2D eigenvalue weighted by Crippen LogP contribution is 2.34. The molecular weight excluding hydrogens is 308 g/mol. The summed E-state index contributed by atoms with van der Waals surface area (Å²) in [4.78, 5) is 15.9. The number of carbonyl (C=O) groups is 1. The maximum atomic E-state index is 12.9. The number of benzene rings is 2. The van der Waals surface area contributed by atoms with Crippen LogP contribution in [-0.2, 0) is 11.2 Å². The van der Waals surface area contributed by atoms with Gasteiger partial charge in [-0.25, -0.2) is 0 Å². The molecule has 0 N–H and O–H groups in total. The predicted molar refractivity (Wildman–Crippen MR) is 91.8 cm³/mol. The maximum Gasteiger partial charge on any atom is 0.233 e. The van der Waals surface area contributed by atoms with Crippen LogP contribution in [0, 0.1) is 0 Å². The Kier molecular flexibility index (Phi) is 3.79. The zero-order chi connectivity index (χ0) is 15.6. The number of carbonyl (C=O) groups excluding carboxylic acids is 1. The quantitative estimate of drug-likeness (QED) is 0.717. The van der Waals surface area contributed by atoms with Gasteiger partial charge in [0.25, 0.3) is 0 Å². The SMILES string of the molecule is O=C(Cc1noc2ccccc12)N1CCCSc2ccccc21. The Hall–Kier alpha value is -2.27. The van der Waals surface area contributed by atoms with E-state index in [-0.39, 0.29) is 12.3 Å². The average molecular weight is 324 g/mol. The summed E-state index contributed by atoms with van der Waals surface area (Å²) in [7, 11) is 0. The third-order valence-corrected chi connectivity index (χ3v) is 5.16.